The molecule has 0 fully saturated rings. The minimum Gasteiger partial charge on any atom is -0.207 e. The average Bonchev–Trinajstić information content (AvgIpc) is 2.33. The number of aryl methyl sites for hydroxylation is 1. The van der Waals surface area contributed by atoms with Gasteiger partial charge in [-0.25, -0.2) is 4.39 Å². The van der Waals surface area contributed by atoms with Crippen molar-refractivity contribution < 1.29 is 4.39 Å². The molecule has 17 heavy (non-hydrogen) atoms. The topological polar surface area (TPSA) is 0 Å². The Morgan fingerprint density at radius 1 is 1.24 bits per heavy atom. The van der Waals surface area contributed by atoms with Crippen LogP contribution in [-0.2, 0) is 0 Å². The van der Waals surface area contributed by atoms with Crippen LogP contribution in [-0.4, -0.2) is 0 Å². The van der Waals surface area contributed by atoms with E-state index in [1.165, 1.54) is 12.5 Å². The highest BCUT2D eigenvalue weighted by molar-refractivity contribution is 5.37. The van der Waals surface area contributed by atoms with Gasteiger partial charge in [0.15, 0.2) is 0 Å². The lowest BCUT2D eigenvalue weighted by Crippen LogP contribution is -2.03. The predicted octanol–water partition coefficient (Wildman–Crippen LogP) is 4.09. The van der Waals surface area contributed by atoms with Gasteiger partial charge in [0.2, 0.25) is 0 Å². The summed E-state index contributed by atoms with van der Waals surface area (Å²) >= 11 is 0. The summed E-state index contributed by atoms with van der Waals surface area (Å²) in [5, 5.41) is 0. The van der Waals surface area contributed by atoms with Gasteiger partial charge in [-0.05, 0) is 43.4 Å². The molecule has 0 saturated heterocycles. The van der Waals surface area contributed by atoms with Gasteiger partial charge in [0.25, 0.3) is 0 Å². The number of allylic oxidation sites excluding steroid dienone is 2. The molecule has 0 amide bonds. The van der Waals surface area contributed by atoms with E-state index in [0.717, 1.165) is 12.0 Å². The van der Waals surface area contributed by atoms with Crippen LogP contribution in [0, 0.1) is 36.4 Å². The van der Waals surface area contributed by atoms with Gasteiger partial charge in [0, 0.05) is 11.5 Å². The van der Waals surface area contributed by atoms with Crippen LogP contribution in [0.25, 0.3) is 0 Å². The van der Waals surface area contributed by atoms with Crippen LogP contribution in [0.1, 0.15) is 30.9 Å². The van der Waals surface area contributed by atoms with Crippen molar-refractivity contribution in [3.63, 3.8) is 0 Å². The SMILES string of the molecule is Cc1ccc(C#CC2C=CC(C)CC2)cc1F. The van der Waals surface area contributed by atoms with Crippen molar-refractivity contribution in [1.29, 1.82) is 0 Å². The molecule has 0 saturated carbocycles. The molecule has 0 spiro atoms. The molecular weight excluding hydrogens is 211 g/mol. The molecule has 0 radical (unpaired) electrons. The first kappa shape index (κ1) is 11.9. The first-order valence-electron chi connectivity index (χ1n) is 6.11. The zero-order chi connectivity index (χ0) is 12.3. The summed E-state index contributed by atoms with van der Waals surface area (Å²) in [6.07, 6.45) is 6.70. The lowest BCUT2D eigenvalue weighted by Gasteiger charge is -2.15. The zero-order valence-corrected chi connectivity index (χ0v) is 10.3. The van der Waals surface area contributed by atoms with Crippen molar-refractivity contribution in [1.82, 2.24) is 0 Å². The van der Waals surface area contributed by atoms with E-state index >= 15 is 0 Å². The molecule has 1 aliphatic rings. The first-order valence-corrected chi connectivity index (χ1v) is 6.11. The maximum Gasteiger partial charge on any atom is 0.127 e. The molecule has 2 rings (SSSR count). The minimum atomic E-state index is -0.176. The second kappa shape index (κ2) is 5.19. The van der Waals surface area contributed by atoms with Crippen LogP contribution in [0.15, 0.2) is 30.4 Å². The second-order valence-corrected chi connectivity index (χ2v) is 4.78. The van der Waals surface area contributed by atoms with Gasteiger partial charge in [0.1, 0.15) is 5.82 Å². The predicted molar refractivity (Wildman–Crippen MR) is 69.0 cm³/mol. The van der Waals surface area contributed by atoms with Crippen molar-refractivity contribution >= 4 is 0 Å². The van der Waals surface area contributed by atoms with Gasteiger partial charge in [-0.15, -0.1) is 0 Å². The third-order valence-corrected chi connectivity index (χ3v) is 3.18. The Morgan fingerprint density at radius 2 is 2.06 bits per heavy atom. The van der Waals surface area contributed by atoms with Gasteiger partial charge in [0.05, 0.1) is 0 Å². The number of hydrogen-bond donors (Lipinski definition) is 0. The smallest absolute Gasteiger partial charge is 0.127 e. The molecule has 0 aromatic heterocycles. The molecule has 1 aliphatic carbocycles. The Hall–Kier alpha value is -1.55. The molecule has 0 nitrogen and oxygen atoms in total. The minimum absolute atomic E-state index is 0.176. The molecule has 1 aromatic carbocycles. The lowest BCUT2D eigenvalue weighted by atomic mass is 9.90. The van der Waals surface area contributed by atoms with Crippen LogP contribution in [0.4, 0.5) is 4.39 Å². The fraction of sp³-hybridized carbons (Fsp3) is 0.375. The number of rotatable bonds is 0. The molecule has 1 heteroatoms. The van der Waals surface area contributed by atoms with Crippen molar-refractivity contribution in [3.05, 3.63) is 47.3 Å². The summed E-state index contributed by atoms with van der Waals surface area (Å²) < 4.78 is 13.3. The summed E-state index contributed by atoms with van der Waals surface area (Å²) in [4.78, 5) is 0. The Kier molecular flexibility index (Phi) is 3.64. The normalized spacial score (nSPS) is 23.0. The third-order valence-electron chi connectivity index (χ3n) is 3.18. The largest absolute Gasteiger partial charge is 0.207 e. The summed E-state index contributed by atoms with van der Waals surface area (Å²) in [7, 11) is 0. The highest BCUT2D eigenvalue weighted by Crippen LogP contribution is 2.21. The summed E-state index contributed by atoms with van der Waals surface area (Å²) in [5.41, 5.74) is 1.43. The van der Waals surface area contributed by atoms with Crippen molar-refractivity contribution in [2.45, 2.75) is 26.7 Å². The highest BCUT2D eigenvalue weighted by atomic mass is 19.1. The van der Waals surface area contributed by atoms with Crippen molar-refractivity contribution in [2.24, 2.45) is 11.8 Å². The highest BCUT2D eigenvalue weighted by Gasteiger charge is 2.09. The van der Waals surface area contributed by atoms with Gasteiger partial charge < -0.3 is 0 Å². The van der Waals surface area contributed by atoms with Crippen LogP contribution < -0.4 is 0 Å². The Bertz CT molecular complexity index is 488. The van der Waals surface area contributed by atoms with Gasteiger partial charge in [-0.1, -0.05) is 37.0 Å². The summed E-state index contributed by atoms with van der Waals surface area (Å²) in [6.45, 7) is 3.98. The quantitative estimate of drug-likeness (QED) is 0.463. The standard InChI is InChI=1S/C16H17F/c1-12-3-6-14(7-4-12)9-10-15-8-5-13(2)16(17)11-15/h3,5-6,8,11-12,14H,4,7H2,1-2H3. The number of halogens is 1. The summed E-state index contributed by atoms with van der Waals surface area (Å²) in [5.74, 6) is 7.08. The van der Waals surface area contributed by atoms with E-state index in [9.17, 15) is 4.39 Å². The molecule has 0 N–H and O–H groups in total. The molecular formula is C16H17F. The van der Waals surface area contributed by atoms with E-state index < -0.39 is 0 Å². The fourth-order valence-corrected chi connectivity index (χ4v) is 1.93. The van der Waals surface area contributed by atoms with Crippen LogP contribution in [0.3, 0.4) is 0 Å². The molecule has 2 atom stereocenters. The Morgan fingerprint density at radius 3 is 2.71 bits per heavy atom. The molecule has 1 aromatic rings. The van der Waals surface area contributed by atoms with Gasteiger partial charge >= 0.3 is 0 Å². The van der Waals surface area contributed by atoms with Crippen molar-refractivity contribution in [2.75, 3.05) is 0 Å². The zero-order valence-electron chi connectivity index (χ0n) is 10.3. The van der Waals surface area contributed by atoms with Gasteiger partial charge in [-0.2, -0.15) is 0 Å². The average molecular weight is 228 g/mol. The van der Waals surface area contributed by atoms with Crippen LogP contribution in [0.2, 0.25) is 0 Å². The Labute approximate surface area is 103 Å². The second-order valence-electron chi connectivity index (χ2n) is 4.78. The van der Waals surface area contributed by atoms with E-state index in [0.29, 0.717) is 17.4 Å². The van der Waals surface area contributed by atoms with E-state index in [1.807, 2.05) is 6.07 Å². The molecule has 0 aliphatic heterocycles. The number of benzene rings is 1. The maximum absolute atomic E-state index is 13.3. The van der Waals surface area contributed by atoms with E-state index in [4.69, 9.17) is 0 Å². The first-order chi connectivity index (χ1) is 8.15. The van der Waals surface area contributed by atoms with Crippen LogP contribution >= 0.6 is 0 Å². The van der Waals surface area contributed by atoms with E-state index in [2.05, 4.69) is 30.9 Å². The lowest BCUT2D eigenvalue weighted by molar-refractivity contribution is 0.538. The van der Waals surface area contributed by atoms with E-state index in [1.54, 1.807) is 13.0 Å². The Balaban J connectivity index is 2.11. The van der Waals surface area contributed by atoms with Crippen molar-refractivity contribution in [3.8, 4) is 11.8 Å². The molecule has 2 unspecified atom stereocenters. The maximum atomic E-state index is 13.3. The van der Waals surface area contributed by atoms with Gasteiger partial charge in [-0.3, -0.25) is 0 Å². The molecule has 0 heterocycles. The molecule has 0 bridgehead atoms. The fourth-order valence-electron chi connectivity index (χ4n) is 1.93. The third kappa shape index (κ3) is 3.20. The number of hydrogen-bond acceptors (Lipinski definition) is 0. The monoisotopic (exact) mass is 228 g/mol. The van der Waals surface area contributed by atoms with E-state index in [-0.39, 0.29) is 5.82 Å². The van der Waals surface area contributed by atoms with Crippen LogP contribution in [0.5, 0.6) is 0 Å². The molecule has 88 valence electrons. The summed E-state index contributed by atoms with van der Waals surface area (Å²) in [6, 6.07) is 5.16.